The lowest BCUT2D eigenvalue weighted by atomic mass is 9.77. The van der Waals surface area contributed by atoms with Crippen molar-refractivity contribution >= 4 is 11.1 Å². The van der Waals surface area contributed by atoms with Crippen molar-refractivity contribution in [3.63, 3.8) is 0 Å². The predicted octanol–water partition coefficient (Wildman–Crippen LogP) is 2.48. The molecule has 0 saturated heterocycles. The molecule has 148 valence electrons. The van der Waals surface area contributed by atoms with E-state index in [4.69, 9.17) is 17.2 Å². The van der Waals surface area contributed by atoms with Gasteiger partial charge < -0.3 is 21.8 Å². The van der Waals surface area contributed by atoms with Crippen molar-refractivity contribution < 1.29 is 8.76 Å². The Hall–Kier alpha value is -1.57. The van der Waals surface area contributed by atoms with E-state index < -0.39 is 27.9 Å². The summed E-state index contributed by atoms with van der Waals surface area (Å²) in [6.07, 6.45) is 2.19. The molecule has 0 bridgehead atoms. The van der Waals surface area contributed by atoms with Crippen LogP contribution in [0, 0.1) is 0 Å². The lowest BCUT2D eigenvalue weighted by Gasteiger charge is -2.34. The van der Waals surface area contributed by atoms with Gasteiger partial charge in [0.25, 0.3) is 0 Å². The van der Waals surface area contributed by atoms with E-state index in [1.54, 1.807) is 0 Å². The fraction of sp³-hybridized carbons (Fsp3) is 0.429. The van der Waals surface area contributed by atoms with Gasteiger partial charge in [0.1, 0.15) is 0 Å². The minimum atomic E-state index is -2.15. The molecule has 0 fully saturated rings. The summed E-state index contributed by atoms with van der Waals surface area (Å²) in [7, 11) is 0. The highest BCUT2D eigenvalue weighted by Gasteiger charge is 2.29. The fourth-order valence-electron chi connectivity index (χ4n) is 3.39. The van der Waals surface area contributed by atoms with E-state index in [1.165, 1.54) is 5.56 Å². The van der Waals surface area contributed by atoms with Crippen LogP contribution in [0.15, 0.2) is 54.6 Å². The normalized spacial score (nSPS) is 16.1. The largest absolute Gasteiger partial charge is 0.772 e. The molecule has 0 aliphatic rings. The minimum absolute atomic E-state index is 0.350. The predicted molar refractivity (Wildman–Crippen MR) is 111 cm³/mol. The van der Waals surface area contributed by atoms with Crippen LogP contribution in [0.3, 0.4) is 0 Å². The Balaban J connectivity index is 2.09. The van der Waals surface area contributed by atoms with Crippen molar-refractivity contribution in [2.45, 2.75) is 49.4 Å². The zero-order valence-electron chi connectivity index (χ0n) is 15.8. The number of hydrogen-bond acceptors (Lipinski definition) is 5. The van der Waals surface area contributed by atoms with Gasteiger partial charge in [0, 0.05) is 17.2 Å². The van der Waals surface area contributed by atoms with Crippen LogP contribution in [0.2, 0.25) is 0 Å². The third-order valence-electron chi connectivity index (χ3n) is 5.20. The van der Waals surface area contributed by atoms with Crippen LogP contribution in [0.5, 0.6) is 0 Å². The van der Waals surface area contributed by atoms with E-state index in [9.17, 15) is 8.76 Å². The molecule has 0 aliphatic heterocycles. The average molecular weight is 389 g/mol. The maximum absolute atomic E-state index is 11.9. The second-order valence-electron chi connectivity index (χ2n) is 7.38. The first kappa shape index (κ1) is 21.7. The molecule has 6 N–H and O–H groups in total. The van der Waals surface area contributed by atoms with Gasteiger partial charge in [0.05, 0.1) is 6.17 Å². The summed E-state index contributed by atoms with van der Waals surface area (Å²) >= 11 is -2.15. The van der Waals surface area contributed by atoms with E-state index in [-0.39, 0.29) is 0 Å². The van der Waals surface area contributed by atoms with Crippen molar-refractivity contribution in [2.75, 3.05) is 6.54 Å². The Morgan fingerprint density at radius 1 is 1.11 bits per heavy atom. The number of aryl methyl sites for hydroxylation is 1. The highest BCUT2D eigenvalue weighted by Crippen LogP contribution is 2.32. The van der Waals surface area contributed by atoms with Crippen LogP contribution >= 0.6 is 0 Å². The van der Waals surface area contributed by atoms with Crippen LogP contribution in [0.25, 0.3) is 0 Å². The maximum Gasteiger partial charge on any atom is 0.0784 e. The van der Waals surface area contributed by atoms with Crippen molar-refractivity contribution in [2.24, 2.45) is 17.2 Å². The average Bonchev–Trinajstić information content (AvgIpc) is 2.67. The molecule has 0 amide bonds. The second-order valence-corrected chi connectivity index (χ2v) is 8.57. The first-order chi connectivity index (χ1) is 12.9. The SMILES string of the molecule is CC(CN)(CC(CCCc1ccccc1)S(=O)[O-])c1cccc(C(N)N)c1. The van der Waals surface area contributed by atoms with E-state index in [2.05, 4.69) is 12.1 Å². The quantitative estimate of drug-likeness (QED) is 0.427. The molecule has 6 heteroatoms. The maximum atomic E-state index is 11.9. The zero-order valence-corrected chi connectivity index (χ0v) is 16.7. The molecule has 2 aromatic rings. The Morgan fingerprint density at radius 3 is 2.41 bits per heavy atom. The summed E-state index contributed by atoms with van der Waals surface area (Å²) in [4.78, 5) is 0. The Kier molecular flexibility index (Phi) is 8.13. The Morgan fingerprint density at radius 2 is 1.81 bits per heavy atom. The third-order valence-corrected chi connectivity index (χ3v) is 6.15. The van der Waals surface area contributed by atoms with Crippen LogP contribution < -0.4 is 17.2 Å². The molecular formula is C21H30N3O2S-. The highest BCUT2D eigenvalue weighted by molar-refractivity contribution is 7.79. The monoisotopic (exact) mass is 388 g/mol. The van der Waals surface area contributed by atoms with E-state index >= 15 is 0 Å². The standard InChI is InChI=1S/C21H31N3O2S/c1-21(15-22,18-11-6-10-17(13-18)20(23)24)14-19(27(25)26)12-5-9-16-7-3-2-4-8-16/h2-4,6-8,10-11,13,19-20H,5,9,12,14-15,22-24H2,1H3,(H,25,26)/p-1. The molecule has 0 heterocycles. The van der Waals surface area contributed by atoms with Crippen LogP contribution in [0.1, 0.15) is 49.0 Å². The van der Waals surface area contributed by atoms with E-state index in [0.29, 0.717) is 19.4 Å². The van der Waals surface area contributed by atoms with Crippen LogP contribution in [0.4, 0.5) is 0 Å². The molecule has 2 rings (SSSR count). The highest BCUT2D eigenvalue weighted by atomic mass is 32.2. The molecule has 0 radical (unpaired) electrons. The van der Waals surface area contributed by atoms with Gasteiger partial charge in [-0.3, -0.25) is 4.21 Å². The molecule has 2 aromatic carbocycles. The van der Waals surface area contributed by atoms with Gasteiger partial charge in [-0.05, 0) is 42.4 Å². The van der Waals surface area contributed by atoms with Crippen LogP contribution in [-0.2, 0) is 22.9 Å². The lowest BCUT2D eigenvalue weighted by molar-refractivity contribution is 0.406. The molecule has 0 aliphatic carbocycles. The second kappa shape index (κ2) is 10.1. The van der Waals surface area contributed by atoms with Crippen LogP contribution in [-0.4, -0.2) is 20.6 Å². The van der Waals surface area contributed by atoms with Gasteiger partial charge in [-0.1, -0.05) is 72.6 Å². The first-order valence-corrected chi connectivity index (χ1v) is 10.4. The number of benzene rings is 2. The first-order valence-electron chi connectivity index (χ1n) is 9.29. The van der Waals surface area contributed by atoms with Gasteiger partial charge >= 0.3 is 0 Å². The van der Waals surface area contributed by atoms with E-state index in [1.807, 2.05) is 49.4 Å². The van der Waals surface area contributed by atoms with E-state index in [0.717, 1.165) is 24.0 Å². The van der Waals surface area contributed by atoms with Crippen molar-refractivity contribution in [3.8, 4) is 0 Å². The summed E-state index contributed by atoms with van der Waals surface area (Å²) in [5.74, 6) is 0. The number of rotatable bonds is 10. The summed E-state index contributed by atoms with van der Waals surface area (Å²) < 4.78 is 23.7. The van der Waals surface area contributed by atoms with Gasteiger partial charge in [-0.25, -0.2) is 0 Å². The summed E-state index contributed by atoms with van der Waals surface area (Å²) in [6.45, 7) is 2.36. The molecule has 3 unspecified atom stereocenters. The molecular weight excluding hydrogens is 358 g/mol. The summed E-state index contributed by atoms with van der Waals surface area (Å²) in [5.41, 5.74) is 20.2. The molecule has 27 heavy (non-hydrogen) atoms. The number of nitrogens with two attached hydrogens (primary N) is 3. The zero-order chi connectivity index (χ0) is 19.9. The lowest BCUT2D eigenvalue weighted by Crippen LogP contribution is -2.37. The topological polar surface area (TPSA) is 118 Å². The van der Waals surface area contributed by atoms with Gasteiger partial charge in [0.2, 0.25) is 0 Å². The molecule has 0 spiro atoms. The molecule has 5 nitrogen and oxygen atoms in total. The van der Waals surface area contributed by atoms with Gasteiger partial charge in [-0.2, -0.15) is 0 Å². The van der Waals surface area contributed by atoms with Crippen molar-refractivity contribution in [3.05, 3.63) is 71.3 Å². The Labute approximate surface area is 164 Å². The van der Waals surface area contributed by atoms with Crippen molar-refractivity contribution in [1.29, 1.82) is 0 Å². The minimum Gasteiger partial charge on any atom is -0.772 e. The van der Waals surface area contributed by atoms with Crippen molar-refractivity contribution in [1.82, 2.24) is 0 Å². The molecule has 0 saturated carbocycles. The molecule has 3 atom stereocenters. The van der Waals surface area contributed by atoms with Gasteiger partial charge in [0.15, 0.2) is 0 Å². The summed E-state index contributed by atoms with van der Waals surface area (Å²) in [6, 6.07) is 17.8. The smallest absolute Gasteiger partial charge is 0.0784 e. The summed E-state index contributed by atoms with van der Waals surface area (Å²) in [5, 5.41) is -0.447. The fourth-order valence-corrected chi connectivity index (χ4v) is 4.25. The Bertz CT molecular complexity index is 739. The number of hydrogen-bond donors (Lipinski definition) is 3. The molecule has 0 aromatic heterocycles. The van der Waals surface area contributed by atoms with Gasteiger partial charge in [-0.15, -0.1) is 0 Å². The third kappa shape index (κ3) is 6.23.